The van der Waals surface area contributed by atoms with E-state index in [0.717, 1.165) is 23.7 Å². The third kappa shape index (κ3) is 6.75. The maximum absolute atomic E-state index is 11.7. The standard InChI is InChI=1S/C17H22N4O4S/c1-4-12(3)18-16(23)19-14(22)10-26-17-21-20-15(25-17)9-24-13-7-5-6-11(2)8-13/h5-8,12H,4,9-10H2,1-3H3,(H2,18,19,22,23)/t12-/m0/s1. The quantitative estimate of drug-likeness (QED) is 0.680. The highest BCUT2D eigenvalue weighted by molar-refractivity contribution is 7.99. The summed E-state index contributed by atoms with van der Waals surface area (Å²) < 4.78 is 11.0. The van der Waals surface area contributed by atoms with Crippen LogP contribution in [0.1, 0.15) is 31.7 Å². The lowest BCUT2D eigenvalue weighted by Crippen LogP contribution is -2.43. The molecule has 2 N–H and O–H groups in total. The van der Waals surface area contributed by atoms with Gasteiger partial charge in [-0.1, -0.05) is 30.8 Å². The van der Waals surface area contributed by atoms with E-state index in [0.29, 0.717) is 11.6 Å². The molecule has 0 spiro atoms. The molecule has 0 aliphatic rings. The summed E-state index contributed by atoms with van der Waals surface area (Å²) >= 11 is 1.05. The number of rotatable bonds is 8. The van der Waals surface area contributed by atoms with Crippen molar-refractivity contribution in [3.05, 3.63) is 35.7 Å². The van der Waals surface area contributed by atoms with Gasteiger partial charge >= 0.3 is 6.03 Å². The van der Waals surface area contributed by atoms with E-state index < -0.39 is 11.9 Å². The van der Waals surface area contributed by atoms with Crippen molar-refractivity contribution in [3.8, 4) is 5.75 Å². The summed E-state index contributed by atoms with van der Waals surface area (Å²) in [7, 11) is 0. The lowest BCUT2D eigenvalue weighted by atomic mass is 10.2. The van der Waals surface area contributed by atoms with Crippen molar-refractivity contribution < 1.29 is 18.7 Å². The van der Waals surface area contributed by atoms with E-state index >= 15 is 0 Å². The topological polar surface area (TPSA) is 106 Å². The van der Waals surface area contributed by atoms with Crippen LogP contribution in [0, 0.1) is 6.92 Å². The molecule has 0 bridgehead atoms. The number of ether oxygens (including phenoxy) is 1. The van der Waals surface area contributed by atoms with E-state index in [1.54, 1.807) is 0 Å². The number of urea groups is 1. The minimum absolute atomic E-state index is 0.00218. The molecule has 140 valence electrons. The predicted octanol–water partition coefficient (Wildman–Crippen LogP) is 2.67. The highest BCUT2D eigenvalue weighted by Crippen LogP contribution is 2.18. The Morgan fingerprint density at radius 2 is 2.15 bits per heavy atom. The smallest absolute Gasteiger partial charge is 0.321 e. The monoisotopic (exact) mass is 378 g/mol. The molecule has 0 radical (unpaired) electrons. The molecule has 9 heteroatoms. The van der Waals surface area contributed by atoms with Gasteiger partial charge in [0.1, 0.15) is 5.75 Å². The number of amides is 3. The number of aryl methyl sites for hydroxylation is 1. The Morgan fingerprint density at radius 3 is 2.88 bits per heavy atom. The lowest BCUT2D eigenvalue weighted by molar-refractivity contribution is -0.117. The number of aromatic nitrogens is 2. The largest absolute Gasteiger partial charge is 0.484 e. The third-order valence-corrected chi connectivity index (χ3v) is 4.19. The average molecular weight is 378 g/mol. The fourth-order valence-electron chi connectivity index (χ4n) is 1.86. The van der Waals surface area contributed by atoms with Crippen molar-refractivity contribution in [1.29, 1.82) is 0 Å². The van der Waals surface area contributed by atoms with E-state index in [1.807, 2.05) is 45.0 Å². The molecule has 0 saturated carbocycles. The summed E-state index contributed by atoms with van der Waals surface area (Å²) in [5.74, 6) is 0.577. The van der Waals surface area contributed by atoms with Gasteiger partial charge in [-0.15, -0.1) is 10.2 Å². The Labute approximate surface area is 156 Å². The van der Waals surface area contributed by atoms with Crippen LogP contribution in [0.4, 0.5) is 4.79 Å². The number of imide groups is 1. The van der Waals surface area contributed by atoms with Crippen LogP contribution in [0.2, 0.25) is 0 Å². The van der Waals surface area contributed by atoms with Gasteiger partial charge in [0, 0.05) is 6.04 Å². The van der Waals surface area contributed by atoms with Crippen LogP contribution in [0.25, 0.3) is 0 Å². The summed E-state index contributed by atoms with van der Waals surface area (Å²) in [6.45, 7) is 5.92. The molecule has 0 saturated heterocycles. The number of hydrogen-bond donors (Lipinski definition) is 2. The molecule has 26 heavy (non-hydrogen) atoms. The summed E-state index contributed by atoms with van der Waals surface area (Å²) in [6.07, 6.45) is 0.783. The zero-order chi connectivity index (χ0) is 18.9. The SMILES string of the molecule is CC[C@H](C)NC(=O)NC(=O)CSc1nnc(COc2cccc(C)c2)o1. The average Bonchev–Trinajstić information content (AvgIpc) is 3.06. The number of carbonyl (C=O) groups is 2. The van der Waals surface area contributed by atoms with Crippen molar-refractivity contribution in [2.24, 2.45) is 0 Å². The van der Waals surface area contributed by atoms with Crippen LogP contribution in [-0.2, 0) is 11.4 Å². The summed E-state index contributed by atoms with van der Waals surface area (Å²) in [5.41, 5.74) is 1.09. The van der Waals surface area contributed by atoms with Gasteiger partial charge in [-0.3, -0.25) is 10.1 Å². The molecular weight excluding hydrogens is 356 g/mol. The summed E-state index contributed by atoms with van der Waals surface area (Å²) in [5, 5.41) is 12.9. The molecule has 0 aliphatic carbocycles. The molecule has 1 heterocycles. The van der Waals surface area contributed by atoms with Gasteiger partial charge in [0.2, 0.25) is 5.91 Å². The number of carbonyl (C=O) groups excluding carboxylic acids is 2. The van der Waals surface area contributed by atoms with Gasteiger partial charge in [-0.25, -0.2) is 4.79 Å². The van der Waals surface area contributed by atoms with E-state index in [4.69, 9.17) is 9.15 Å². The minimum atomic E-state index is -0.511. The lowest BCUT2D eigenvalue weighted by Gasteiger charge is -2.11. The van der Waals surface area contributed by atoms with E-state index in [9.17, 15) is 9.59 Å². The van der Waals surface area contributed by atoms with Gasteiger partial charge in [-0.05, 0) is 38.0 Å². The molecule has 1 aromatic carbocycles. The van der Waals surface area contributed by atoms with E-state index in [2.05, 4.69) is 20.8 Å². The maximum atomic E-state index is 11.7. The zero-order valence-corrected chi connectivity index (χ0v) is 15.8. The van der Waals surface area contributed by atoms with Gasteiger partial charge in [0.25, 0.3) is 11.1 Å². The molecule has 2 rings (SSSR count). The van der Waals surface area contributed by atoms with Gasteiger partial charge in [-0.2, -0.15) is 0 Å². The van der Waals surface area contributed by atoms with Crippen molar-refractivity contribution in [3.63, 3.8) is 0 Å². The van der Waals surface area contributed by atoms with Crippen LogP contribution in [0.15, 0.2) is 33.9 Å². The number of nitrogens with one attached hydrogen (secondary N) is 2. The Morgan fingerprint density at radius 1 is 1.35 bits per heavy atom. The second-order valence-electron chi connectivity index (χ2n) is 5.69. The molecular formula is C17H22N4O4S. The van der Waals surface area contributed by atoms with Gasteiger partial charge in [0.15, 0.2) is 6.61 Å². The number of benzene rings is 1. The summed E-state index contributed by atoms with van der Waals surface area (Å²) in [4.78, 5) is 23.3. The molecule has 0 fully saturated rings. The zero-order valence-electron chi connectivity index (χ0n) is 14.9. The second-order valence-corrected chi connectivity index (χ2v) is 6.61. The summed E-state index contributed by atoms with van der Waals surface area (Å²) in [6, 6.07) is 7.11. The van der Waals surface area contributed by atoms with Crippen LogP contribution < -0.4 is 15.4 Å². The van der Waals surface area contributed by atoms with Gasteiger partial charge in [0.05, 0.1) is 5.75 Å². The minimum Gasteiger partial charge on any atom is -0.484 e. The highest BCUT2D eigenvalue weighted by atomic mass is 32.2. The van der Waals surface area contributed by atoms with Crippen LogP contribution in [-0.4, -0.2) is 33.9 Å². The fourth-order valence-corrected chi connectivity index (χ4v) is 2.44. The second kappa shape index (κ2) is 9.81. The molecule has 1 atom stereocenters. The number of hydrogen-bond acceptors (Lipinski definition) is 7. The first-order valence-corrected chi connectivity index (χ1v) is 9.19. The van der Waals surface area contributed by atoms with Crippen molar-refractivity contribution in [1.82, 2.24) is 20.8 Å². The van der Waals surface area contributed by atoms with E-state index in [-0.39, 0.29) is 23.6 Å². The van der Waals surface area contributed by atoms with Crippen LogP contribution in [0.3, 0.4) is 0 Å². The first kappa shape index (κ1) is 19.8. The molecule has 2 aromatic rings. The predicted molar refractivity (Wildman–Crippen MR) is 97.0 cm³/mol. The maximum Gasteiger partial charge on any atom is 0.321 e. The van der Waals surface area contributed by atoms with Crippen molar-refractivity contribution in [2.45, 2.75) is 45.1 Å². The Hall–Kier alpha value is -2.55. The molecule has 0 unspecified atom stereocenters. The first-order valence-electron chi connectivity index (χ1n) is 8.21. The van der Waals surface area contributed by atoms with Crippen LogP contribution >= 0.6 is 11.8 Å². The Balaban J connectivity index is 1.74. The third-order valence-electron chi connectivity index (χ3n) is 3.37. The van der Waals surface area contributed by atoms with Crippen molar-refractivity contribution >= 4 is 23.7 Å². The van der Waals surface area contributed by atoms with Crippen LogP contribution in [0.5, 0.6) is 5.75 Å². The van der Waals surface area contributed by atoms with E-state index in [1.165, 1.54) is 0 Å². The number of thioether (sulfide) groups is 1. The fraction of sp³-hybridized carbons (Fsp3) is 0.412. The van der Waals surface area contributed by atoms with Crippen molar-refractivity contribution in [2.75, 3.05) is 5.75 Å². The van der Waals surface area contributed by atoms with Gasteiger partial charge < -0.3 is 14.5 Å². The number of nitrogens with zero attached hydrogens (tertiary/aromatic N) is 2. The molecule has 1 aromatic heterocycles. The molecule has 3 amide bonds. The molecule has 0 aliphatic heterocycles. The Kier molecular flexibility index (Phi) is 7.46. The Bertz CT molecular complexity index is 750. The molecule has 8 nitrogen and oxygen atoms in total. The normalized spacial score (nSPS) is 11.7. The highest BCUT2D eigenvalue weighted by Gasteiger charge is 2.13. The first-order chi connectivity index (χ1) is 12.5.